The van der Waals surface area contributed by atoms with Gasteiger partial charge in [0.15, 0.2) is 0 Å². The largest absolute Gasteiger partial charge is 0.462 e. The summed E-state index contributed by atoms with van der Waals surface area (Å²) in [6.45, 7) is 5.60. The number of carbonyl (C=O) groups is 2. The van der Waals surface area contributed by atoms with Crippen molar-refractivity contribution in [3.8, 4) is 0 Å². The minimum atomic E-state index is -0.646. The molecule has 0 unspecified atom stereocenters. The number of aryl methyl sites for hydroxylation is 1. The molecule has 0 fully saturated rings. The van der Waals surface area contributed by atoms with Crippen molar-refractivity contribution in [2.45, 2.75) is 32.6 Å². The van der Waals surface area contributed by atoms with Crippen LogP contribution < -0.4 is 5.32 Å². The maximum Gasteiger partial charge on any atom is 0.341 e. The average molecular weight is 290 g/mol. The molecule has 1 atom stereocenters. The van der Waals surface area contributed by atoms with E-state index in [9.17, 15) is 9.59 Å². The topological polar surface area (TPSA) is 55.4 Å². The standard InChI is InChI=1S/C12H16ClNO3S/c1-4-8-6-9(12(16)17-5-2)11(18-8)14-10(15)7(3)13/h6-7H,4-5H2,1-3H3,(H,14,15)/t7-/m0/s1. The van der Waals surface area contributed by atoms with Crippen LogP contribution in [0.25, 0.3) is 0 Å². The highest BCUT2D eigenvalue weighted by atomic mass is 35.5. The predicted octanol–water partition coefficient (Wildman–Crippen LogP) is 3.05. The van der Waals surface area contributed by atoms with E-state index >= 15 is 0 Å². The van der Waals surface area contributed by atoms with Crippen molar-refractivity contribution in [3.05, 3.63) is 16.5 Å². The number of ether oxygens (including phenoxy) is 1. The third kappa shape index (κ3) is 3.71. The molecule has 0 saturated heterocycles. The van der Waals surface area contributed by atoms with Crippen molar-refractivity contribution in [2.75, 3.05) is 11.9 Å². The van der Waals surface area contributed by atoms with Crippen molar-refractivity contribution in [1.29, 1.82) is 0 Å². The Bertz CT molecular complexity index is 443. The van der Waals surface area contributed by atoms with Gasteiger partial charge in [0.1, 0.15) is 10.4 Å². The molecule has 0 aromatic carbocycles. The van der Waals surface area contributed by atoms with E-state index in [0.29, 0.717) is 17.2 Å². The fourth-order valence-corrected chi connectivity index (χ4v) is 2.32. The fraction of sp³-hybridized carbons (Fsp3) is 0.500. The molecule has 100 valence electrons. The summed E-state index contributed by atoms with van der Waals surface area (Å²) in [5.74, 6) is -0.752. The van der Waals surface area contributed by atoms with E-state index in [0.717, 1.165) is 11.3 Å². The normalized spacial score (nSPS) is 12.0. The van der Waals surface area contributed by atoms with Gasteiger partial charge in [0, 0.05) is 4.88 Å². The molecule has 1 aromatic rings. The van der Waals surface area contributed by atoms with Crippen molar-refractivity contribution in [3.63, 3.8) is 0 Å². The van der Waals surface area contributed by atoms with E-state index in [2.05, 4.69) is 5.32 Å². The van der Waals surface area contributed by atoms with Gasteiger partial charge in [-0.05, 0) is 26.3 Å². The molecule has 4 nitrogen and oxygen atoms in total. The van der Waals surface area contributed by atoms with Gasteiger partial charge in [-0.2, -0.15) is 0 Å². The molecule has 0 spiro atoms. The summed E-state index contributed by atoms with van der Waals surface area (Å²) in [7, 11) is 0. The van der Waals surface area contributed by atoms with Gasteiger partial charge in [-0.15, -0.1) is 22.9 Å². The molecule has 1 heterocycles. The number of alkyl halides is 1. The van der Waals surface area contributed by atoms with Crippen LogP contribution in [0.3, 0.4) is 0 Å². The third-order valence-corrected chi connectivity index (χ3v) is 3.62. The molecule has 1 N–H and O–H groups in total. The molecule has 18 heavy (non-hydrogen) atoms. The van der Waals surface area contributed by atoms with E-state index < -0.39 is 11.3 Å². The lowest BCUT2D eigenvalue weighted by molar-refractivity contribution is -0.115. The Hall–Kier alpha value is -1.07. The number of hydrogen-bond donors (Lipinski definition) is 1. The molecule has 0 bridgehead atoms. The summed E-state index contributed by atoms with van der Waals surface area (Å²) in [4.78, 5) is 24.3. The summed E-state index contributed by atoms with van der Waals surface area (Å²) < 4.78 is 4.95. The van der Waals surface area contributed by atoms with Gasteiger partial charge >= 0.3 is 5.97 Å². The first-order valence-electron chi connectivity index (χ1n) is 5.74. The van der Waals surface area contributed by atoms with Gasteiger partial charge in [0.25, 0.3) is 0 Å². The molecule has 1 rings (SSSR count). The maximum absolute atomic E-state index is 11.7. The fourth-order valence-electron chi connectivity index (χ4n) is 1.28. The number of anilines is 1. The number of carbonyl (C=O) groups excluding carboxylic acids is 2. The number of esters is 1. The van der Waals surface area contributed by atoms with E-state index in [-0.39, 0.29) is 5.91 Å². The number of halogens is 1. The first kappa shape index (κ1) is 15.0. The van der Waals surface area contributed by atoms with Crippen molar-refractivity contribution < 1.29 is 14.3 Å². The number of thiophene rings is 1. The molecule has 0 aliphatic heterocycles. The second kappa shape index (κ2) is 6.75. The third-order valence-electron chi connectivity index (χ3n) is 2.22. The monoisotopic (exact) mass is 289 g/mol. The first-order valence-corrected chi connectivity index (χ1v) is 6.99. The summed E-state index contributed by atoms with van der Waals surface area (Å²) >= 11 is 7.06. The van der Waals surface area contributed by atoms with Gasteiger partial charge in [0.2, 0.25) is 5.91 Å². The summed E-state index contributed by atoms with van der Waals surface area (Å²) in [6, 6.07) is 1.75. The molecule has 0 aliphatic carbocycles. The number of rotatable bonds is 5. The SMILES string of the molecule is CCOC(=O)c1cc(CC)sc1NC(=O)[C@H](C)Cl. The Labute approximate surface area is 115 Å². The highest BCUT2D eigenvalue weighted by Gasteiger charge is 2.19. The predicted molar refractivity (Wildman–Crippen MR) is 73.6 cm³/mol. The Kier molecular flexibility index (Phi) is 5.62. The molecule has 0 saturated carbocycles. The van der Waals surface area contributed by atoms with Gasteiger partial charge in [0.05, 0.1) is 12.2 Å². The van der Waals surface area contributed by atoms with Gasteiger partial charge in [-0.25, -0.2) is 4.79 Å². The van der Waals surface area contributed by atoms with E-state index in [1.165, 1.54) is 11.3 Å². The summed E-state index contributed by atoms with van der Waals surface area (Å²) in [5, 5.41) is 2.51. The quantitative estimate of drug-likeness (QED) is 0.669. The minimum absolute atomic E-state index is 0.301. The number of hydrogen-bond acceptors (Lipinski definition) is 4. The van der Waals surface area contributed by atoms with E-state index in [1.807, 2.05) is 6.92 Å². The van der Waals surface area contributed by atoms with Gasteiger partial charge in [-0.1, -0.05) is 6.92 Å². The van der Waals surface area contributed by atoms with Crippen LogP contribution in [0.5, 0.6) is 0 Å². The van der Waals surface area contributed by atoms with E-state index in [4.69, 9.17) is 16.3 Å². The van der Waals surface area contributed by atoms with Crippen LogP contribution in [-0.4, -0.2) is 23.9 Å². The zero-order valence-electron chi connectivity index (χ0n) is 10.6. The highest BCUT2D eigenvalue weighted by molar-refractivity contribution is 7.16. The number of amides is 1. The van der Waals surface area contributed by atoms with Gasteiger partial charge < -0.3 is 10.1 Å². The lowest BCUT2D eigenvalue weighted by atomic mass is 10.2. The Morgan fingerprint density at radius 3 is 2.67 bits per heavy atom. The average Bonchev–Trinajstić information content (AvgIpc) is 2.72. The summed E-state index contributed by atoms with van der Waals surface area (Å²) in [6.07, 6.45) is 0.795. The molecule has 1 aromatic heterocycles. The molecule has 0 radical (unpaired) electrons. The van der Waals surface area contributed by atoms with Crippen LogP contribution in [0.4, 0.5) is 5.00 Å². The minimum Gasteiger partial charge on any atom is -0.462 e. The van der Waals surface area contributed by atoms with Crippen LogP contribution in [-0.2, 0) is 16.0 Å². The Morgan fingerprint density at radius 1 is 1.50 bits per heavy atom. The maximum atomic E-state index is 11.7. The Morgan fingerprint density at radius 2 is 2.17 bits per heavy atom. The lowest BCUT2D eigenvalue weighted by Gasteiger charge is -2.06. The van der Waals surface area contributed by atoms with Crippen LogP contribution in [0, 0.1) is 0 Å². The van der Waals surface area contributed by atoms with Crippen molar-refractivity contribution >= 4 is 39.8 Å². The second-order valence-corrected chi connectivity index (χ2v) is 5.43. The molecular weight excluding hydrogens is 274 g/mol. The summed E-state index contributed by atoms with van der Waals surface area (Å²) in [5.41, 5.74) is 0.393. The number of nitrogens with one attached hydrogen (secondary N) is 1. The van der Waals surface area contributed by atoms with Crippen molar-refractivity contribution in [1.82, 2.24) is 0 Å². The molecule has 6 heteroatoms. The highest BCUT2D eigenvalue weighted by Crippen LogP contribution is 2.29. The van der Waals surface area contributed by atoms with Gasteiger partial charge in [-0.3, -0.25) is 4.79 Å². The molecular formula is C12H16ClNO3S. The molecule has 1 amide bonds. The Balaban J connectivity index is 2.98. The first-order chi connectivity index (χ1) is 8.49. The van der Waals surface area contributed by atoms with E-state index in [1.54, 1.807) is 19.9 Å². The van der Waals surface area contributed by atoms with Crippen LogP contribution >= 0.6 is 22.9 Å². The smallest absolute Gasteiger partial charge is 0.341 e. The lowest BCUT2D eigenvalue weighted by Crippen LogP contribution is -2.21. The van der Waals surface area contributed by atoms with Crippen molar-refractivity contribution in [2.24, 2.45) is 0 Å². The van der Waals surface area contributed by atoms with Crippen LogP contribution in [0.15, 0.2) is 6.07 Å². The second-order valence-electron chi connectivity index (χ2n) is 3.63. The van der Waals surface area contributed by atoms with Crippen LogP contribution in [0.1, 0.15) is 36.0 Å². The van der Waals surface area contributed by atoms with Crippen LogP contribution in [0.2, 0.25) is 0 Å². The molecule has 0 aliphatic rings. The zero-order chi connectivity index (χ0) is 13.7. The zero-order valence-corrected chi connectivity index (χ0v) is 12.2.